The van der Waals surface area contributed by atoms with Crippen LogP contribution in [0.15, 0.2) is 23.2 Å². The van der Waals surface area contributed by atoms with Crippen LogP contribution in [0.25, 0.3) is 0 Å². The van der Waals surface area contributed by atoms with Gasteiger partial charge in [-0.25, -0.2) is 13.4 Å². The van der Waals surface area contributed by atoms with Gasteiger partial charge in [0.1, 0.15) is 16.8 Å². The van der Waals surface area contributed by atoms with Crippen LogP contribution in [0, 0.1) is 0 Å². The molecule has 0 radical (unpaired) electrons. The molecular weight excluding hydrogens is 368 g/mol. The highest BCUT2D eigenvalue weighted by molar-refractivity contribution is 7.89. The predicted molar refractivity (Wildman–Crippen MR) is 100.0 cm³/mol. The number of sulfonamides is 1. The Morgan fingerprint density at radius 3 is 2.37 bits per heavy atom. The Bertz CT molecular complexity index is 763. The van der Waals surface area contributed by atoms with Crippen molar-refractivity contribution in [2.45, 2.75) is 36.7 Å². The molecule has 3 aliphatic rings. The van der Waals surface area contributed by atoms with Crippen molar-refractivity contribution >= 4 is 21.7 Å². The Balaban J connectivity index is 1.37. The number of rotatable bonds is 4. The van der Waals surface area contributed by atoms with Gasteiger partial charge in [-0.3, -0.25) is 4.79 Å². The topological polar surface area (TPSA) is 83.0 Å². The fourth-order valence-corrected chi connectivity index (χ4v) is 5.38. The maximum atomic E-state index is 12.6. The van der Waals surface area contributed by atoms with Crippen molar-refractivity contribution in [3.63, 3.8) is 0 Å². The molecule has 4 rings (SSSR count). The van der Waals surface area contributed by atoms with Crippen LogP contribution >= 0.6 is 0 Å². The molecule has 1 atom stereocenters. The molecule has 9 heteroatoms. The van der Waals surface area contributed by atoms with Gasteiger partial charge in [-0.05, 0) is 37.8 Å². The standard InChI is InChI=1S/C18H26N4O4S/c23-18(16-4-3-13-26-16)21-11-9-20(10-12-21)17-6-5-15(14-19-17)27(24,25)22-7-1-2-8-22/h5-6,14,16H,1-4,7-13H2/t16-/m1/s1. The Kier molecular flexibility index (Phi) is 5.34. The van der Waals surface area contributed by atoms with Gasteiger partial charge in [0.25, 0.3) is 5.91 Å². The minimum Gasteiger partial charge on any atom is -0.368 e. The lowest BCUT2D eigenvalue weighted by atomic mass is 10.2. The third-order valence-electron chi connectivity index (χ3n) is 5.54. The normalized spacial score (nSPS) is 24.5. The van der Waals surface area contributed by atoms with E-state index >= 15 is 0 Å². The molecule has 4 heterocycles. The Morgan fingerprint density at radius 1 is 1.04 bits per heavy atom. The second-order valence-corrected chi connectivity index (χ2v) is 9.22. The summed E-state index contributed by atoms with van der Waals surface area (Å²) in [5, 5.41) is 0. The van der Waals surface area contributed by atoms with Crippen LogP contribution in [0.1, 0.15) is 25.7 Å². The Hall–Kier alpha value is -1.71. The van der Waals surface area contributed by atoms with E-state index in [2.05, 4.69) is 9.88 Å². The molecular formula is C18H26N4O4S. The van der Waals surface area contributed by atoms with E-state index < -0.39 is 10.0 Å². The van der Waals surface area contributed by atoms with Gasteiger partial charge in [0.05, 0.1) is 0 Å². The zero-order chi connectivity index (χ0) is 18.9. The third kappa shape index (κ3) is 3.81. The number of carbonyl (C=O) groups excluding carboxylic acids is 1. The molecule has 0 bridgehead atoms. The maximum Gasteiger partial charge on any atom is 0.251 e. The summed E-state index contributed by atoms with van der Waals surface area (Å²) < 4.78 is 32.2. The first-order valence-corrected chi connectivity index (χ1v) is 11.1. The lowest BCUT2D eigenvalue weighted by molar-refractivity contribution is -0.141. The van der Waals surface area contributed by atoms with Crippen LogP contribution in [0.4, 0.5) is 5.82 Å². The van der Waals surface area contributed by atoms with Gasteiger partial charge in [0.2, 0.25) is 10.0 Å². The van der Waals surface area contributed by atoms with Crippen LogP contribution in [-0.4, -0.2) is 80.5 Å². The van der Waals surface area contributed by atoms with Crippen molar-refractivity contribution in [1.29, 1.82) is 0 Å². The van der Waals surface area contributed by atoms with Crippen molar-refractivity contribution in [3.05, 3.63) is 18.3 Å². The third-order valence-corrected chi connectivity index (χ3v) is 7.43. The van der Waals surface area contributed by atoms with E-state index in [4.69, 9.17) is 4.74 Å². The second-order valence-electron chi connectivity index (χ2n) is 7.28. The number of ether oxygens (including phenoxy) is 1. The van der Waals surface area contributed by atoms with Crippen molar-refractivity contribution in [1.82, 2.24) is 14.2 Å². The number of pyridine rings is 1. The summed E-state index contributed by atoms with van der Waals surface area (Å²) in [5.41, 5.74) is 0. The van der Waals surface area contributed by atoms with E-state index in [9.17, 15) is 13.2 Å². The number of anilines is 1. The Labute approximate surface area is 160 Å². The average Bonchev–Trinajstić information content (AvgIpc) is 3.42. The summed E-state index contributed by atoms with van der Waals surface area (Å²) in [5.74, 6) is 0.840. The number of nitrogens with zero attached hydrogens (tertiary/aromatic N) is 4. The highest BCUT2D eigenvalue weighted by Crippen LogP contribution is 2.23. The highest BCUT2D eigenvalue weighted by Gasteiger charge is 2.31. The molecule has 1 aromatic heterocycles. The van der Waals surface area contributed by atoms with Gasteiger partial charge in [-0.15, -0.1) is 0 Å². The molecule has 0 spiro atoms. The van der Waals surface area contributed by atoms with E-state index in [1.54, 1.807) is 12.1 Å². The van der Waals surface area contributed by atoms with Crippen molar-refractivity contribution in [2.24, 2.45) is 0 Å². The molecule has 0 saturated carbocycles. The number of amides is 1. The molecule has 0 aliphatic carbocycles. The van der Waals surface area contributed by atoms with Gasteiger partial charge >= 0.3 is 0 Å². The fraction of sp³-hybridized carbons (Fsp3) is 0.667. The minimum absolute atomic E-state index is 0.0900. The lowest BCUT2D eigenvalue weighted by Crippen LogP contribution is -2.51. The smallest absolute Gasteiger partial charge is 0.251 e. The molecule has 1 amide bonds. The van der Waals surface area contributed by atoms with E-state index in [-0.39, 0.29) is 16.9 Å². The first-order valence-electron chi connectivity index (χ1n) is 9.67. The van der Waals surface area contributed by atoms with Crippen molar-refractivity contribution in [2.75, 3.05) is 50.8 Å². The SMILES string of the molecule is O=C([C@H]1CCCO1)N1CCN(c2ccc(S(=O)(=O)N3CCCC3)cn2)CC1. The summed E-state index contributed by atoms with van der Waals surface area (Å²) >= 11 is 0. The van der Waals surface area contributed by atoms with Crippen LogP contribution in [0.2, 0.25) is 0 Å². The fourth-order valence-electron chi connectivity index (χ4n) is 3.92. The first-order chi connectivity index (χ1) is 13.1. The molecule has 27 heavy (non-hydrogen) atoms. The summed E-state index contributed by atoms with van der Waals surface area (Å²) in [6.45, 7) is 4.48. The van der Waals surface area contributed by atoms with Crippen LogP contribution < -0.4 is 4.90 Å². The molecule has 148 valence electrons. The van der Waals surface area contributed by atoms with Gasteiger partial charge in [0.15, 0.2) is 0 Å². The largest absolute Gasteiger partial charge is 0.368 e. The van der Waals surface area contributed by atoms with E-state index in [1.807, 2.05) is 4.90 Å². The summed E-state index contributed by atoms with van der Waals surface area (Å²) in [6.07, 6.45) is 4.77. The molecule has 0 aromatic carbocycles. The quantitative estimate of drug-likeness (QED) is 0.747. The van der Waals surface area contributed by atoms with E-state index in [1.165, 1.54) is 10.5 Å². The maximum absolute atomic E-state index is 12.6. The molecule has 1 aromatic rings. The van der Waals surface area contributed by atoms with E-state index in [0.29, 0.717) is 45.9 Å². The minimum atomic E-state index is -3.43. The number of hydrogen-bond donors (Lipinski definition) is 0. The molecule has 0 unspecified atom stereocenters. The van der Waals surface area contributed by atoms with E-state index in [0.717, 1.165) is 31.5 Å². The Morgan fingerprint density at radius 2 is 1.78 bits per heavy atom. The molecule has 3 aliphatic heterocycles. The lowest BCUT2D eigenvalue weighted by Gasteiger charge is -2.36. The van der Waals surface area contributed by atoms with Gasteiger partial charge in [0, 0.05) is 52.1 Å². The van der Waals surface area contributed by atoms with Crippen LogP contribution in [0.5, 0.6) is 0 Å². The number of hydrogen-bond acceptors (Lipinski definition) is 6. The van der Waals surface area contributed by atoms with Crippen molar-refractivity contribution < 1.29 is 17.9 Å². The number of carbonyl (C=O) groups is 1. The zero-order valence-corrected chi connectivity index (χ0v) is 16.2. The zero-order valence-electron chi connectivity index (χ0n) is 15.4. The van der Waals surface area contributed by atoms with Gasteiger partial charge in [-0.1, -0.05) is 0 Å². The summed E-state index contributed by atoms with van der Waals surface area (Å²) in [4.78, 5) is 21.0. The predicted octanol–water partition coefficient (Wildman–Crippen LogP) is 0.694. The molecule has 0 N–H and O–H groups in total. The average molecular weight is 394 g/mol. The van der Waals surface area contributed by atoms with Gasteiger partial charge in [-0.2, -0.15) is 4.31 Å². The summed E-state index contributed by atoms with van der Waals surface area (Å²) in [6, 6.07) is 3.40. The summed E-state index contributed by atoms with van der Waals surface area (Å²) in [7, 11) is -3.43. The van der Waals surface area contributed by atoms with Crippen LogP contribution in [0.3, 0.4) is 0 Å². The molecule has 8 nitrogen and oxygen atoms in total. The number of piperazine rings is 1. The molecule has 3 saturated heterocycles. The van der Waals surface area contributed by atoms with Crippen LogP contribution in [-0.2, 0) is 19.6 Å². The highest BCUT2D eigenvalue weighted by atomic mass is 32.2. The monoisotopic (exact) mass is 394 g/mol. The first kappa shape index (κ1) is 18.6. The molecule has 3 fully saturated rings. The second kappa shape index (κ2) is 7.73. The van der Waals surface area contributed by atoms with Gasteiger partial charge < -0.3 is 14.5 Å². The number of aromatic nitrogens is 1. The van der Waals surface area contributed by atoms with Crippen molar-refractivity contribution in [3.8, 4) is 0 Å².